The van der Waals surface area contributed by atoms with Crippen LogP contribution in [0.15, 0.2) is 63.9 Å². The lowest BCUT2D eigenvalue weighted by Crippen LogP contribution is -2.26. The molecule has 132 valence electrons. The van der Waals surface area contributed by atoms with Gasteiger partial charge in [0.05, 0.1) is 0 Å². The van der Waals surface area contributed by atoms with Gasteiger partial charge in [0.2, 0.25) is 5.52 Å². The average Bonchev–Trinajstić information content (AvgIpc) is 2.86. The molecular formula is C16H13BrCl3N3O2. The first-order chi connectivity index (χ1) is 10.6. The monoisotopic (exact) mass is 463 g/mol. The molecule has 0 saturated heterocycles. The molecule has 0 aliphatic rings. The van der Waals surface area contributed by atoms with E-state index in [9.17, 15) is 4.79 Å². The predicted molar refractivity (Wildman–Crippen MR) is 106 cm³/mol. The van der Waals surface area contributed by atoms with Gasteiger partial charge in [-0.1, -0.05) is 33.6 Å². The fraction of sp³-hybridized carbons (Fsp3) is 0. The normalized spacial score (nSPS) is 10.0. The number of pyridine rings is 1. The Balaban J connectivity index is 0.00000104. The molecule has 0 spiro atoms. The minimum absolute atomic E-state index is 0. The van der Waals surface area contributed by atoms with E-state index < -0.39 is 0 Å². The van der Waals surface area contributed by atoms with Crippen molar-refractivity contribution in [2.45, 2.75) is 0 Å². The maximum atomic E-state index is 12.7. The molecule has 0 fully saturated rings. The van der Waals surface area contributed by atoms with Crippen LogP contribution in [-0.2, 0) is 0 Å². The first kappa shape index (κ1) is 21.5. The number of nitrogens with zero attached hydrogens (tertiary/aromatic N) is 2. The summed E-state index contributed by atoms with van der Waals surface area (Å²) in [6.45, 7) is 0. The standard InChI is InChI=1S/C16H9BrClN3O.2ClH.H2O/c17-13-9-15-16(22)20(11-7-5-10(18)6-8-11)19-21(15)14-4-2-1-3-12(13)14;;;/h1-9H;2*1H;1H2. The Morgan fingerprint density at radius 2 is 1.64 bits per heavy atom. The van der Waals surface area contributed by atoms with E-state index in [1.807, 2.05) is 30.3 Å². The van der Waals surface area contributed by atoms with Gasteiger partial charge >= 0.3 is 5.56 Å². The lowest BCUT2D eigenvalue weighted by molar-refractivity contribution is -0.555. The molecule has 4 aromatic rings. The summed E-state index contributed by atoms with van der Waals surface area (Å²) < 4.78 is 4.18. The molecule has 2 heterocycles. The Morgan fingerprint density at radius 3 is 2.32 bits per heavy atom. The third-order valence-corrected chi connectivity index (χ3v) is 4.52. The summed E-state index contributed by atoms with van der Waals surface area (Å²) in [6, 6.07) is 16.8. The summed E-state index contributed by atoms with van der Waals surface area (Å²) in [5.74, 6) is 0. The van der Waals surface area contributed by atoms with Gasteiger partial charge in [0.1, 0.15) is 0 Å². The summed E-state index contributed by atoms with van der Waals surface area (Å²) in [7, 11) is 0. The molecule has 25 heavy (non-hydrogen) atoms. The molecule has 0 amide bonds. The zero-order valence-electron chi connectivity index (χ0n) is 12.5. The van der Waals surface area contributed by atoms with Crippen LogP contribution in [0.25, 0.3) is 22.1 Å². The zero-order chi connectivity index (χ0) is 15.3. The molecule has 0 radical (unpaired) electrons. The number of nitrogens with one attached hydrogen (secondary N) is 1. The van der Waals surface area contributed by atoms with E-state index in [4.69, 9.17) is 11.6 Å². The fourth-order valence-electron chi connectivity index (χ4n) is 2.55. The topological polar surface area (TPSA) is 71.9 Å². The van der Waals surface area contributed by atoms with Crippen LogP contribution in [0.2, 0.25) is 5.02 Å². The number of halogens is 4. The van der Waals surface area contributed by atoms with Gasteiger partial charge in [-0.3, -0.25) is 0 Å². The molecule has 0 bridgehead atoms. The van der Waals surface area contributed by atoms with Gasteiger partial charge in [0.25, 0.3) is 0 Å². The van der Waals surface area contributed by atoms with Gasteiger partial charge in [0.15, 0.2) is 11.2 Å². The average molecular weight is 466 g/mol. The van der Waals surface area contributed by atoms with E-state index in [1.165, 1.54) is 4.68 Å². The van der Waals surface area contributed by atoms with Gasteiger partial charge in [-0.25, -0.2) is 4.79 Å². The summed E-state index contributed by atoms with van der Waals surface area (Å²) in [5.41, 5.74) is 2.12. The Morgan fingerprint density at radius 1 is 1.00 bits per heavy atom. The Labute approximate surface area is 168 Å². The number of benzene rings is 2. The van der Waals surface area contributed by atoms with Crippen molar-refractivity contribution in [3.05, 3.63) is 74.4 Å². The van der Waals surface area contributed by atoms with Crippen LogP contribution in [0.4, 0.5) is 0 Å². The minimum atomic E-state index is -0.117. The highest BCUT2D eigenvalue weighted by atomic mass is 79.9. The van der Waals surface area contributed by atoms with Crippen LogP contribution in [0.3, 0.4) is 0 Å². The van der Waals surface area contributed by atoms with Crippen LogP contribution >= 0.6 is 52.3 Å². The van der Waals surface area contributed by atoms with Crippen molar-refractivity contribution >= 4 is 68.8 Å². The molecular weight excluding hydrogens is 452 g/mol. The Kier molecular flexibility index (Phi) is 7.05. The second-order valence-corrected chi connectivity index (χ2v) is 6.24. The number of fused-ring (bicyclic) bond motifs is 3. The van der Waals surface area contributed by atoms with Crippen LogP contribution < -0.4 is 10.1 Å². The third kappa shape index (κ3) is 3.54. The van der Waals surface area contributed by atoms with Crippen molar-refractivity contribution in [1.82, 2.24) is 9.90 Å². The highest BCUT2D eigenvalue weighted by molar-refractivity contribution is 9.10. The first-order valence-electron chi connectivity index (χ1n) is 6.65. The lowest BCUT2D eigenvalue weighted by atomic mass is 10.2. The largest absolute Gasteiger partial charge is 0.870 e. The van der Waals surface area contributed by atoms with Crippen molar-refractivity contribution < 1.29 is 9.99 Å². The van der Waals surface area contributed by atoms with Gasteiger partial charge < -0.3 is 5.48 Å². The number of hydrogen-bond acceptors (Lipinski definition) is 2. The van der Waals surface area contributed by atoms with E-state index in [0.717, 1.165) is 21.1 Å². The van der Waals surface area contributed by atoms with Gasteiger partial charge in [-0.05, 0) is 52.3 Å². The van der Waals surface area contributed by atoms with Crippen LogP contribution in [0, 0.1) is 0 Å². The Hall–Kier alpha value is -1.57. The highest BCUT2D eigenvalue weighted by Gasteiger charge is 2.20. The molecule has 0 atom stereocenters. The summed E-state index contributed by atoms with van der Waals surface area (Å²) >= 11 is 9.44. The number of H-pyrrole nitrogens is 1. The minimum Gasteiger partial charge on any atom is -0.870 e. The molecule has 5 nitrogen and oxygen atoms in total. The fourth-order valence-corrected chi connectivity index (χ4v) is 3.23. The summed E-state index contributed by atoms with van der Waals surface area (Å²) in [5, 5.41) is 4.79. The quantitative estimate of drug-likeness (QED) is 0.429. The SMILES string of the molecule is Cl.Cl.O=c1c2cc(Br)c3ccccc3[n+]2[nH]n1-c1ccc(Cl)cc1.[OH-]. The van der Waals surface area contributed by atoms with Gasteiger partial charge in [-0.15, -0.1) is 29.3 Å². The summed E-state index contributed by atoms with van der Waals surface area (Å²) in [4.78, 5) is 12.7. The second-order valence-electron chi connectivity index (χ2n) is 4.95. The number of aromatic nitrogens is 3. The summed E-state index contributed by atoms with van der Waals surface area (Å²) in [6.07, 6.45) is 0. The lowest BCUT2D eigenvalue weighted by Gasteiger charge is -1.97. The Bertz CT molecular complexity index is 1080. The maximum Gasteiger partial charge on any atom is 0.406 e. The van der Waals surface area contributed by atoms with Crippen molar-refractivity contribution in [3.63, 3.8) is 0 Å². The van der Waals surface area contributed by atoms with Crippen molar-refractivity contribution in [3.8, 4) is 5.69 Å². The van der Waals surface area contributed by atoms with Crippen molar-refractivity contribution in [1.29, 1.82) is 0 Å². The van der Waals surface area contributed by atoms with Crippen molar-refractivity contribution in [2.24, 2.45) is 0 Å². The second kappa shape index (κ2) is 8.21. The molecule has 2 N–H and O–H groups in total. The zero-order valence-corrected chi connectivity index (χ0v) is 16.5. The van der Waals surface area contributed by atoms with Crippen molar-refractivity contribution in [2.75, 3.05) is 0 Å². The molecule has 0 unspecified atom stereocenters. The van der Waals surface area contributed by atoms with E-state index >= 15 is 0 Å². The van der Waals surface area contributed by atoms with E-state index in [2.05, 4.69) is 21.1 Å². The van der Waals surface area contributed by atoms with Crippen LogP contribution in [-0.4, -0.2) is 15.4 Å². The first-order valence-corrected chi connectivity index (χ1v) is 7.82. The van der Waals surface area contributed by atoms with E-state index in [1.54, 1.807) is 28.8 Å². The van der Waals surface area contributed by atoms with Gasteiger partial charge in [-0.2, -0.15) is 0 Å². The van der Waals surface area contributed by atoms with Crippen LogP contribution in [0.1, 0.15) is 0 Å². The molecule has 9 heteroatoms. The van der Waals surface area contributed by atoms with Crippen LogP contribution in [0.5, 0.6) is 0 Å². The van der Waals surface area contributed by atoms with Gasteiger partial charge in [0, 0.05) is 20.9 Å². The van der Waals surface area contributed by atoms with E-state index in [0.29, 0.717) is 10.5 Å². The number of aromatic amines is 1. The molecule has 0 aliphatic heterocycles. The predicted octanol–water partition coefficient (Wildman–Crippen LogP) is 4.14. The molecule has 4 rings (SSSR count). The maximum absolute atomic E-state index is 12.7. The number of para-hydroxylation sites is 1. The smallest absolute Gasteiger partial charge is 0.406 e. The number of hydrogen-bond donors (Lipinski definition) is 1. The molecule has 0 saturated carbocycles. The molecule has 2 aromatic carbocycles. The highest BCUT2D eigenvalue weighted by Crippen LogP contribution is 2.21. The number of rotatable bonds is 1. The third-order valence-electron chi connectivity index (χ3n) is 3.61. The molecule has 2 aromatic heterocycles. The van der Waals surface area contributed by atoms with E-state index in [-0.39, 0.29) is 35.8 Å². The molecule has 0 aliphatic carbocycles.